The third-order valence-electron chi connectivity index (χ3n) is 3.94. The Hall–Kier alpha value is -0.780. The van der Waals surface area contributed by atoms with E-state index in [4.69, 9.17) is 0 Å². The summed E-state index contributed by atoms with van der Waals surface area (Å²) in [5.41, 5.74) is -0.594. The van der Waals surface area contributed by atoms with E-state index in [1.54, 1.807) is 0 Å². The van der Waals surface area contributed by atoms with Gasteiger partial charge in [0, 0.05) is 6.54 Å². The van der Waals surface area contributed by atoms with Gasteiger partial charge in [-0.05, 0) is 25.3 Å². The molecule has 1 heterocycles. The quantitative estimate of drug-likeness (QED) is 0.778. The summed E-state index contributed by atoms with van der Waals surface area (Å²) in [5.74, 6) is -0.228. The van der Waals surface area contributed by atoms with Gasteiger partial charge in [0.15, 0.2) is 0 Å². The highest BCUT2D eigenvalue weighted by atomic mass is 19.4. The van der Waals surface area contributed by atoms with Crippen LogP contribution in [0.2, 0.25) is 0 Å². The number of rotatable bonds is 2. The molecule has 2 N–H and O–H groups in total. The molecular formula is C11H17F3N2O. The van der Waals surface area contributed by atoms with E-state index in [0.29, 0.717) is 13.0 Å². The minimum Gasteiger partial charge on any atom is -0.346 e. The smallest absolute Gasteiger partial charge is 0.346 e. The van der Waals surface area contributed by atoms with Crippen molar-refractivity contribution in [1.82, 2.24) is 10.6 Å². The van der Waals surface area contributed by atoms with Gasteiger partial charge in [0.2, 0.25) is 5.91 Å². The molecule has 2 fully saturated rings. The fourth-order valence-corrected chi connectivity index (χ4v) is 3.05. The molecule has 0 radical (unpaired) electrons. The molecule has 2 aliphatic rings. The number of amides is 1. The lowest BCUT2D eigenvalue weighted by Crippen LogP contribution is -2.49. The summed E-state index contributed by atoms with van der Waals surface area (Å²) in [4.78, 5) is 12.0. The number of halogens is 3. The highest BCUT2D eigenvalue weighted by Gasteiger charge is 2.50. The van der Waals surface area contributed by atoms with Gasteiger partial charge in [0.1, 0.15) is 6.54 Å². The van der Waals surface area contributed by atoms with Crippen molar-refractivity contribution in [2.24, 2.45) is 11.3 Å². The van der Waals surface area contributed by atoms with Gasteiger partial charge in [-0.3, -0.25) is 4.79 Å². The van der Waals surface area contributed by atoms with Crippen LogP contribution in [0.4, 0.5) is 13.2 Å². The summed E-state index contributed by atoms with van der Waals surface area (Å²) in [7, 11) is 0. The molecule has 1 aliphatic carbocycles. The summed E-state index contributed by atoms with van der Waals surface area (Å²) in [6, 6.07) is 0. The Morgan fingerprint density at radius 3 is 2.88 bits per heavy atom. The van der Waals surface area contributed by atoms with E-state index in [1.807, 2.05) is 0 Å². The fourth-order valence-electron chi connectivity index (χ4n) is 3.05. The van der Waals surface area contributed by atoms with E-state index >= 15 is 0 Å². The third-order valence-corrected chi connectivity index (χ3v) is 3.94. The first kappa shape index (κ1) is 12.7. The molecule has 2 atom stereocenters. The zero-order valence-corrected chi connectivity index (χ0v) is 9.57. The monoisotopic (exact) mass is 250 g/mol. The summed E-state index contributed by atoms with van der Waals surface area (Å²) in [6.07, 6.45) is -0.693. The Balaban J connectivity index is 2.01. The van der Waals surface area contributed by atoms with Crippen LogP contribution in [-0.4, -0.2) is 31.7 Å². The topological polar surface area (TPSA) is 41.1 Å². The van der Waals surface area contributed by atoms with Crippen LogP contribution in [0.1, 0.15) is 25.7 Å². The van der Waals surface area contributed by atoms with Crippen molar-refractivity contribution in [2.75, 3.05) is 19.6 Å². The Labute approximate surface area is 98.1 Å². The number of carbonyl (C=O) groups excluding carboxylic acids is 1. The van der Waals surface area contributed by atoms with Crippen molar-refractivity contribution >= 4 is 5.91 Å². The second-order valence-corrected chi connectivity index (χ2v) is 5.03. The fraction of sp³-hybridized carbons (Fsp3) is 0.909. The first-order chi connectivity index (χ1) is 7.94. The Bertz CT molecular complexity index is 306. The van der Waals surface area contributed by atoms with Crippen molar-refractivity contribution < 1.29 is 18.0 Å². The van der Waals surface area contributed by atoms with Gasteiger partial charge in [0.05, 0.1) is 5.41 Å². The van der Waals surface area contributed by atoms with Crippen molar-refractivity contribution in [3.63, 3.8) is 0 Å². The predicted octanol–water partition coefficient (Wildman–Crippen LogP) is 1.44. The molecule has 0 aromatic rings. The van der Waals surface area contributed by atoms with Crippen LogP contribution in [0.15, 0.2) is 0 Å². The lowest BCUT2D eigenvalue weighted by molar-refractivity contribution is -0.146. The van der Waals surface area contributed by atoms with E-state index in [0.717, 1.165) is 25.8 Å². The first-order valence-electron chi connectivity index (χ1n) is 6.00. The van der Waals surface area contributed by atoms with Crippen molar-refractivity contribution in [1.29, 1.82) is 0 Å². The normalized spacial score (nSPS) is 33.2. The highest BCUT2D eigenvalue weighted by Crippen LogP contribution is 2.43. The van der Waals surface area contributed by atoms with E-state index in [-0.39, 0.29) is 5.92 Å². The van der Waals surface area contributed by atoms with Crippen LogP contribution in [0, 0.1) is 11.3 Å². The molecule has 1 saturated carbocycles. The molecule has 98 valence electrons. The zero-order chi connectivity index (χ0) is 12.5. The lowest BCUT2D eigenvalue weighted by Gasteiger charge is -2.37. The number of alkyl halides is 3. The summed E-state index contributed by atoms with van der Waals surface area (Å²) in [6.45, 7) is 0.0428. The molecule has 6 heteroatoms. The second kappa shape index (κ2) is 4.48. The zero-order valence-electron chi connectivity index (χ0n) is 9.57. The summed E-state index contributed by atoms with van der Waals surface area (Å²) >= 11 is 0. The largest absolute Gasteiger partial charge is 0.405 e. The number of carbonyl (C=O) groups is 1. The molecule has 1 amide bonds. The van der Waals surface area contributed by atoms with Gasteiger partial charge >= 0.3 is 6.18 Å². The molecule has 0 unspecified atom stereocenters. The molecule has 3 nitrogen and oxygen atoms in total. The summed E-state index contributed by atoms with van der Waals surface area (Å²) < 4.78 is 36.3. The molecule has 0 aromatic heterocycles. The molecule has 2 rings (SSSR count). The van der Waals surface area contributed by atoms with Crippen LogP contribution in [0.5, 0.6) is 0 Å². The van der Waals surface area contributed by atoms with E-state index in [2.05, 4.69) is 10.6 Å². The van der Waals surface area contributed by atoms with Crippen molar-refractivity contribution in [2.45, 2.75) is 31.9 Å². The van der Waals surface area contributed by atoms with Gasteiger partial charge in [-0.15, -0.1) is 0 Å². The van der Waals surface area contributed by atoms with E-state index in [9.17, 15) is 18.0 Å². The Kier molecular flexibility index (Phi) is 3.34. The maximum absolute atomic E-state index is 12.1. The number of hydrogen-bond acceptors (Lipinski definition) is 2. The maximum Gasteiger partial charge on any atom is 0.405 e. The van der Waals surface area contributed by atoms with Crippen LogP contribution in [0.3, 0.4) is 0 Å². The summed E-state index contributed by atoms with van der Waals surface area (Å²) in [5, 5.41) is 5.19. The average Bonchev–Trinajstić information content (AvgIpc) is 2.69. The van der Waals surface area contributed by atoms with Gasteiger partial charge in [-0.1, -0.05) is 12.8 Å². The van der Waals surface area contributed by atoms with E-state index in [1.165, 1.54) is 0 Å². The number of nitrogens with one attached hydrogen (secondary N) is 2. The molecule has 17 heavy (non-hydrogen) atoms. The van der Waals surface area contributed by atoms with Crippen LogP contribution < -0.4 is 10.6 Å². The predicted molar refractivity (Wildman–Crippen MR) is 56.3 cm³/mol. The third kappa shape index (κ3) is 2.56. The van der Waals surface area contributed by atoms with Crippen LogP contribution >= 0.6 is 0 Å². The lowest BCUT2D eigenvalue weighted by atomic mass is 9.67. The number of fused-ring (bicyclic) bond motifs is 1. The highest BCUT2D eigenvalue weighted by molar-refractivity contribution is 5.83. The Morgan fingerprint density at radius 1 is 1.41 bits per heavy atom. The SMILES string of the molecule is O=C(NCC(F)(F)F)[C@@]12CCCC[C@H]1CNC2. The van der Waals surface area contributed by atoms with Crippen LogP contribution in [-0.2, 0) is 4.79 Å². The van der Waals surface area contributed by atoms with Gasteiger partial charge in [-0.25, -0.2) is 0 Å². The molecule has 0 aromatic carbocycles. The minimum atomic E-state index is -4.33. The minimum absolute atomic E-state index is 0.199. The van der Waals surface area contributed by atoms with Crippen molar-refractivity contribution in [3.05, 3.63) is 0 Å². The standard InChI is InChI=1S/C11H17F3N2O/c12-11(13,14)7-16-9(17)10-4-2-1-3-8(10)5-15-6-10/h8,15H,1-7H2,(H,16,17)/t8-,10+/m0/s1. The second-order valence-electron chi connectivity index (χ2n) is 5.03. The van der Waals surface area contributed by atoms with Gasteiger partial charge < -0.3 is 10.6 Å². The van der Waals surface area contributed by atoms with Crippen LogP contribution in [0.25, 0.3) is 0 Å². The maximum atomic E-state index is 12.1. The first-order valence-corrected chi connectivity index (χ1v) is 6.00. The average molecular weight is 250 g/mol. The van der Waals surface area contributed by atoms with Gasteiger partial charge in [-0.2, -0.15) is 13.2 Å². The molecular weight excluding hydrogens is 233 g/mol. The molecule has 1 saturated heterocycles. The molecule has 1 aliphatic heterocycles. The molecule has 0 bridgehead atoms. The number of hydrogen-bond donors (Lipinski definition) is 2. The van der Waals surface area contributed by atoms with Gasteiger partial charge in [0.25, 0.3) is 0 Å². The van der Waals surface area contributed by atoms with E-state index < -0.39 is 24.0 Å². The van der Waals surface area contributed by atoms with Crippen molar-refractivity contribution in [3.8, 4) is 0 Å². The molecule has 0 spiro atoms. The Morgan fingerprint density at radius 2 is 2.18 bits per heavy atom.